The molecule has 1 heterocycles. The summed E-state index contributed by atoms with van der Waals surface area (Å²) in [6, 6.07) is 8.32. The lowest BCUT2D eigenvalue weighted by atomic mass is 10.2. The monoisotopic (exact) mass is 328 g/mol. The lowest BCUT2D eigenvalue weighted by Gasteiger charge is -2.11. The van der Waals surface area contributed by atoms with E-state index in [1.54, 1.807) is 42.7 Å². The van der Waals surface area contributed by atoms with Crippen LogP contribution in [0.4, 0.5) is 5.69 Å². The van der Waals surface area contributed by atoms with Gasteiger partial charge in [0.1, 0.15) is 11.5 Å². The second kappa shape index (κ2) is 8.28. The molecule has 0 spiro atoms. The molecule has 0 aliphatic carbocycles. The van der Waals surface area contributed by atoms with Gasteiger partial charge in [0.05, 0.1) is 26.1 Å². The number of hydrogen-bond donors (Lipinski definition) is 2. The van der Waals surface area contributed by atoms with Crippen molar-refractivity contribution in [2.75, 3.05) is 19.5 Å². The molecular formula is C16H16N4O4. The van der Waals surface area contributed by atoms with Crippen LogP contribution in [0.5, 0.6) is 11.5 Å². The van der Waals surface area contributed by atoms with E-state index in [0.29, 0.717) is 22.7 Å². The number of rotatable bonds is 5. The topological polar surface area (TPSA) is 102 Å². The highest BCUT2D eigenvalue weighted by Gasteiger charge is 2.15. The molecule has 24 heavy (non-hydrogen) atoms. The second-order valence-corrected chi connectivity index (χ2v) is 4.51. The zero-order valence-corrected chi connectivity index (χ0v) is 13.1. The van der Waals surface area contributed by atoms with E-state index in [2.05, 4.69) is 20.8 Å². The van der Waals surface area contributed by atoms with Crippen LogP contribution in [-0.2, 0) is 9.59 Å². The van der Waals surface area contributed by atoms with E-state index in [9.17, 15) is 9.59 Å². The maximum absolute atomic E-state index is 11.9. The highest BCUT2D eigenvalue weighted by molar-refractivity contribution is 6.39. The minimum atomic E-state index is -0.917. The quantitative estimate of drug-likeness (QED) is 0.488. The molecule has 0 saturated carbocycles. The Balaban J connectivity index is 1.99. The van der Waals surface area contributed by atoms with Crippen LogP contribution in [-0.4, -0.2) is 37.2 Å². The fourth-order valence-corrected chi connectivity index (χ4v) is 1.76. The Labute approximate surface area is 138 Å². The molecule has 0 fully saturated rings. The number of carbonyl (C=O) groups excluding carboxylic acids is 2. The summed E-state index contributed by atoms with van der Waals surface area (Å²) in [4.78, 5) is 27.6. The first-order chi connectivity index (χ1) is 11.6. The van der Waals surface area contributed by atoms with Crippen molar-refractivity contribution < 1.29 is 19.1 Å². The average molecular weight is 328 g/mol. The number of pyridine rings is 1. The molecule has 2 amide bonds. The molecule has 2 aromatic rings. The Hall–Kier alpha value is -3.42. The largest absolute Gasteiger partial charge is 0.497 e. The molecule has 2 rings (SSSR count). The predicted octanol–water partition coefficient (Wildman–Crippen LogP) is 1.19. The van der Waals surface area contributed by atoms with Crippen LogP contribution in [0.1, 0.15) is 5.56 Å². The molecule has 0 aliphatic rings. The number of ether oxygens (including phenoxy) is 2. The summed E-state index contributed by atoms with van der Waals surface area (Å²) in [6.07, 6.45) is 4.56. The molecule has 8 heteroatoms. The molecule has 0 unspecified atom stereocenters. The molecular weight excluding hydrogens is 312 g/mol. The molecule has 1 aromatic carbocycles. The van der Waals surface area contributed by atoms with Crippen LogP contribution >= 0.6 is 0 Å². The molecule has 0 bridgehead atoms. The number of methoxy groups -OCH3 is 2. The number of amides is 2. The van der Waals surface area contributed by atoms with Gasteiger partial charge in [0.25, 0.3) is 0 Å². The number of nitrogens with zero attached hydrogens (tertiary/aromatic N) is 2. The van der Waals surface area contributed by atoms with Gasteiger partial charge in [0.2, 0.25) is 0 Å². The number of anilines is 1. The Morgan fingerprint density at radius 1 is 1.17 bits per heavy atom. The lowest BCUT2D eigenvalue weighted by molar-refractivity contribution is -0.136. The van der Waals surface area contributed by atoms with E-state index in [0.717, 1.165) is 0 Å². The van der Waals surface area contributed by atoms with E-state index in [1.165, 1.54) is 20.4 Å². The molecule has 1 aromatic heterocycles. The fraction of sp³-hybridized carbons (Fsp3) is 0.125. The Morgan fingerprint density at radius 2 is 2.00 bits per heavy atom. The third-order valence-electron chi connectivity index (χ3n) is 2.93. The first-order valence-electron chi connectivity index (χ1n) is 6.90. The molecule has 8 nitrogen and oxygen atoms in total. The van der Waals surface area contributed by atoms with E-state index >= 15 is 0 Å². The number of carbonyl (C=O) groups is 2. The Morgan fingerprint density at radius 3 is 2.67 bits per heavy atom. The van der Waals surface area contributed by atoms with Gasteiger partial charge in [-0.2, -0.15) is 5.10 Å². The van der Waals surface area contributed by atoms with E-state index < -0.39 is 11.8 Å². The third-order valence-corrected chi connectivity index (χ3v) is 2.93. The number of hydrazone groups is 1. The minimum absolute atomic E-state index is 0.313. The highest BCUT2D eigenvalue weighted by Crippen LogP contribution is 2.28. The van der Waals surface area contributed by atoms with Gasteiger partial charge in [-0.15, -0.1) is 0 Å². The van der Waals surface area contributed by atoms with E-state index in [1.807, 2.05) is 0 Å². The van der Waals surface area contributed by atoms with Crippen LogP contribution in [0.2, 0.25) is 0 Å². The number of benzene rings is 1. The first kappa shape index (κ1) is 16.9. The number of nitrogens with one attached hydrogen (secondary N) is 2. The van der Waals surface area contributed by atoms with Crippen LogP contribution in [0.15, 0.2) is 47.8 Å². The highest BCUT2D eigenvalue weighted by atomic mass is 16.5. The standard InChI is InChI=1S/C16H16N4O4/c1-23-12-5-6-14(24-2)13(8-12)19-15(21)16(22)20-18-10-11-4-3-7-17-9-11/h3-10H,1-2H3,(H,19,21)(H,20,22). The lowest BCUT2D eigenvalue weighted by Crippen LogP contribution is -2.32. The second-order valence-electron chi connectivity index (χ2n) is 4.51. The van der Waals surface area contributed by atoms with E-state index in [4.69, 9.17) is 9.47 Å². The van der Waals surface area contributed by atoms with Gasteiger partial charge in [0, 0.05) is 24.0 Å². The third kappa shape index (κ3) is 4.54. The molecule has 124 valence electrons. The molecule has 2 N–H and O–H groups in total. The summed E-state index contributed by atoms with van der Waals surface area (Å²) in [7, 11) is 2.95. The van der Waals surface area contributed by atoms with Gasteiger partial charge >= 0.3 is 11.8 Å². The zero-order chi connectivity index (χ0) is 17.4. The summed E-state index contributed by atoms with van der Waals surface area (Å²) in [5.41, 5.74) is 3.14. The van der Waals surface area contributed by atoms with Crippen molar-refractivity contribution in [3.8, 4) is 11.5 Å². The van der Waals surface area contributed by atoms with Gasteiger partial charge in [-0.25, -0.2) is 5.43 Å². The summed E-state index contributed by atoms with van der Waals surface area (Å²) < 4.78 is 10.2. The summed E-state index contributed by atoms with van der Waals surface area (Å²) in [5, 5.41) is 6.14. The maximum Gasteiger partial charge on any atom is 0.329 e. The van der Waals surface area contributed by atoms with Crippen molar-refractivity contribution in [2.24, 2.45) is 5.10 Å². The summed E-state index contributed by atoms with van der Waals surface area (Å²) in [5.74, 6) is -0.887. The molecule has 0 aliphatic heterocycles. The Bertz CT molecular complexity index is 747. The van der Waals surface area contributed by atoms with Crippen molar-refractivity contribution in [1.82, 2.24) is 10.4 Å². The van der Waals surface area contributed by atoms with E-state index in [-0.39, 0.29) is 0 Å². The van der Waals surface area contributed by atoms with Gasteiger partial charge in [-0.05, 0) is 18.2 Å². The van der Waals surface area contributed by atoms with Gasteiger partial charge < -0.3 is 14.8 Å². The van der Waals surface area contributed by atoms with Crippen molar-refractivity contribution in [2.45, 2.75) is 0 Å². The minimum Gasteiger partial charge on any atom is -0.497 e. The van der Waals surface area contributed by atoms with Crippen molar-refractivity contribution in [1.29, 1.82) is 0 Å². The molecule has 0 saturated heterocycles. The first-order valence-corrected chi connectivity index (χ1v) is 6.90. The van der Waals surface area contributed by atoms with Gasteiger partial charge in [0.15, 0.2) is 0 Å². The SMILES string of the molecule is COc1ccc(OC)c(NC(=O)C(=O)NN=Cc2cccnc2)c1. The van der Waals surface area contributed by atoms with Gasteiger partial charge in [-0.3, -0.25) is 14.6 Å². The van der Waals surface area contributed by atoms with Crippen molar-refractivity contribution >= 4 is 23.7 Å². The number of aromatic nitrogens is 1. The molecule has 0 radical (unpaired) electrons. The summed E-state index contributed by atoms with van der Waals surface area (Å²) in [6.45, 7) is 0. The van der Waals surface area contributed by atoms with Crippen LogP contribution in [0, 0.1) is 0 Å². The summed E-state index contributed by atoms with van der Waals surface area (Å²) >= 11 is 0. The van der Waals surface area contributed by atoms with Crippen molar-refractivity contribution in [3.63, 3.8) is 0 Å². The Kier molecular flexibility index (Phi) is 5.84. The number of hydrogen-bond acceptors (Lipinski definition) is 6. The maximum atomic E-state index is 11.9. The average Bonchev–Trinajstić information content (AvgIpc) is 2.62. The van der Waals surface area contributed by atoms with Crippen LogP contribution in [0.3, 0.4) is 0 Å². The zero-order valence-electron chi connectivity index (χ0n) is 13.1. The fourth-order valence-electron chi connectivity index (χ4n) is 1.76. The van der Waals surface area contributed by atoms with Crippen LogP contribution < -0.4 is 20.2 Å². The molecule has 0 atom stereocenters. The van der Waals surface area contributed by atoms with Crippen molar-refractivity contribution in [3.05, 3.63) is 48.3 Å². The van der Waals surface area contributed by atoms with Gasteiger partial charge in [-0.1, -0.05) is 6.07 Å². The predicted molar refractivity (Wildman–Crippen MR) is 88.1 cm³/mol. The smallest absolute Gasteiger partial charge is 0.329 e. The van der Waals surface area contributed by atoms with Crippen LogP contribution in [0.25, 0.3) is 0 Å². The normalized spacial score (nSPS) is 10.2.